The van der Waals surface area contributed by atoms with Gasteiger partial charge in [-0.1, -0.05) is 32.4 Å². The van der Waals surface area contributed by atoms with E-state index in [0.29, 0.717) is 29.5 Å². The average molecular weight is 401 g/mol. The van der Waals surface area contributed by atoms with Crippen LogP contribution in [0.2, 0.25) is 0 Å². The van der Waals surface area contributed by atoms with Crippen molar-refractivity contribution in [1.29, 1.82) is 0 Å². The summed E-state index contributed by atoms with van der Waals surface area (Å²) in [6.45, 7) is 8.89. The van der Waals surface area contributed by atoms with Gasteiger partial charge in [0.25, 0.3) is 0 Å². The van der Waals surface area contributed by atoms with Gasteiger partial charge < -0.3 is 9.84 Å². The van der Waals surface area contributed by atoms with Crippen LogP contribution in [0.4, 0.5) is 0 Å². The minimum absolute atomic E-state index is 0.369. The number of fused-ring (bicyclic) bond motifs is 5. The third kappa shape index (κ3) is 3.18. The van der Waals surface area contributed by atoms with Gasteiger partial charge in [-0.25, -0.2) is 0 Å². The number of hydrogen-bond donors (Lipinski definition) is 1. The fourth-order valence-corrected chi connectivity index (χ4v) is 9.25. The normalized spacial score (nSPS) is 50.8. The van der Waals surface area contributed by atoms with Gasteiger partial charge in [-0.2, -0.15) is 0 Å². The van der Waals surface area contributed by atoms with E-state index >= 15 is 0 Å². The second kappa shape index (κ2) is 7.66. The fraction of sp³-hybridized carbons (Fsp3) is 0.926. The zero-order valence-electron chi connectivity index (χ0n) is 19.2. The Balaban J connectivity index is 1.35. The molecule has 1 saturated heterocycles. The molecule has 3 saturated carbocycles. The van der Waals surface area contributed by atoms with Gasteiger partial charge in [0.05, 0.1) is 6.10 Å². The molecule has 1 unspecified atom stereocenters. The lowest BCUT2D eigenvalue weighted by Crippen LogP contribution is -2.51. The van der Waals surface area contributed by atoms with E-state index < -0.39 is 0 Å². The zero-order valence-corrected chi connectivity index (χ0v) is 19.2. The molecule has 29 heavy (non-hydrogen) atoms. The van der Waals surface area contributed by atoms with Crippen LogP contribution >= 0.6 is 0 Å². The van der Waals surface area contributed by atoms with Gasteiger partial charge in [-0.05, 0) is 117 Å². The maximum atomic E-state index is 9.84. The molecule has 0 spiro atoms. The smallest absolute Gasteiger partial charge is 0.0606 e. The molecule has 4 fully saturated rings. The molecule has 1 N–H and O–H groups in total. The van der Waals surface area contributed by atoms with Crippen molar-refractivity contribution in [3.05, 3.63) is 11.6 Å². The molecule has 5 rings (SSSR count). The minimum Gasteiger partial charge on any atom is -0.396 e. The second-order valence-electron chi connectivity index (χ2n) is 12.1. The van der Waals surface area contributed by atoms with Gasteiger partial charge >= 0.3 is 0 Å². The maximum Gasteiger partial charge on any atom is 0.0606 e. The second-order valence-corrected chi connectivity index (χ2v) is 12.1. The van der Waals surface area contributed by atoms with Crippen LogP contribution in [0.5, 0.6) is 0 Å². The van der Waals surface area contributed by atoms with Crippen molar-refractivity contribution in [3.8, 4) is 0 Å². The summed E-state index contributed by atoms with van der Waals surface area (Å²) in [6, 6.07) is 0. The number of hydrogen-bond acceptors (Lipinski definition) is 2. The summed E-state index contributed by atoms with van der Waals surface area (Å²) in [5.41, 5.74) is 2.74. The third-order valence-electron chi connectivity index (χ3n) is 10.9. The van der Waals surface area contributed by atoms with E-state index in [2.05, 4.69) is 26.8 Å². The molecule has 0 radical (unpaired) electrons. The predicted molar refractivity (Wildman–Crippen MR) is 119 cm³/mol. The summed E-state index contributed by atoms with van der Waals surface area (Å²) >= 11 is 0. The Morgan fingerprint density at radius 1 is 1.07 bits per heavy atom. The molecule has 0 amide bonds. The number of rotatable bonds is 3. The highest BCUT2D eigenvalue weighted by molar-refractivity contribution is 5.25. The van der Waals surface area contributed by atoms with Gasteiger partial charge in [0.1, 0.15) is 0 Å². The lowest BCUT2D eigenvalue weighted by Gasteiger charge is -2.59. The lowest BCUT2D eigenvalue weighted by molar-refractivity contribution is -0.0698. The summed E-state index contributed by atoms with van der Waals surface area (Å²) in [5.74, 6) is 4.65. The van der Waals surface area contributed by atoms with Crippen molar-refractivity contribution in [2.75, 3.05) is 13.2 Å². The van der Waals surface area contributed by atoms with E-state index in [1.807, 2.05) is 5.57 Å². The minimum atomic E-state index is 0.369. The van der Waals surface area contributed by atoms with Crippen molar-refractivity contribution in [2.24, 2.45) is 46.3 Å². The maximum absolute atomic E-state index is 9.84. The Bertz CT molecular complexity index is 634. The Kier molecular flexibility index (Phi) is 5.43. The molecular formula is C27H44O2. The van der Waals surface area contributed by atoms with Crippen molar-refractivity contribution >= 4 is 0 Å². The van der Waals surface area contributed by atoms with Crippen LogP contribution in [0, 0.1) is 46.3 Å². The van der Waals surface area contributed by atoms with Crippen LogP contribution in [-0.2, 0) is 4.74 Å². The summed E-state index contributed by atoms with van der Waals surface area (Å²) < 4.78 is 6.20. The first-order valence-corrected chi connectivity index (χ1v) is 12.9. The molecule has 1 aliphatic heterocycles. The molecule has 4 aliphatic carbocycles. The van der Waals surface area contributed by atoms with Crippen molar-refractivity contribution in [3.63, 3.8) is 0 Å². The van der Waals surface area contributed by atoms with Crippen LogP contribution in [0.3, 0.4) is 0 Å². The van der Waals surface area contributed by atoms with Gasteiger partial charge in [0.2, 0.25) is 0 Å². The van der Waals surface area contributed by atoms with E-state index in [1.165, 1.54) is 70.6 Å². The highest BCUT2D eigenvalue weighted by Crippen LogP contribution is 2.67. The number of aliphatic hydroxyl groups excluding tert-OH is 1. The summed E-state index contributed by atoms with van der Waals surface area (Å²) in [4.78, 5) is 0. The Morgan fingerprint density at radius 2 is 1.93 bits per heavy atom. The molecular weight excluding hydrogens is 356 g/mol. The van der Waals surface area contributed by atoms with Gasteiger partial charge in [-0.15, -0.1) is 0 Å². The Morgan fingerprint density at radius 3 is 2.69 bits per heavy atom. The first kappa shape index (κ1) is 20.6. The summed E-state index contributed by atoms with van der Waals surface area (Å²) in [7, 11) is 0. The largest absolute Gasteiger partial charge is 0.396 e. The van der Waals surface area contributed by atoms with Crippen LogP contribution < -0.4 is 0 Å². The van der Waals surface area contributed by atoms with Gasteiger partial charge in [0, 0.05) is 13.2 Å². The highest BCUT2D eigenvalue weighted by Gasteiger charge is 2.59. The molecule has 2 nitrogen and oxygen atoms in total. The predicted octanol–water partition coefficient (Wildman–Crippen LogP) is 6.38. The molecule has 5 aliphatic rings. The number of aliphatic hydroxyl groups is 1. The van der Waals surface area contributed by atoms with Crippen molar-refractivity contribution < 1.29 is 9.84 Å². The van der Waals surface area contributed by atoms with E-state index in [4.69, 9.17) is 4.74 Å². The van der Waals surface area contributed by atoms with Gasteiger partial charge in [-0.3, -0.25) is 0 Å². The van der Waals surface area contributed by atoms with Crippen LogP contribution in [0.25, 0.3) is 0 Å². The quantitative estimate of drug-likeness (QED) is 0.557. The SMILES string of the molecule is C[C@H](CO)[C@H]1CC[C@H]2[C@@H]3CC=C4C[C@@H](C5CCCCO5)CC[C@]4(C)[C@H]3CC[C@]12C. The molecule has 0 bridgehead atoms. The monoisotopic (exact) mass is 400 g/mol. The fourth-order valence-electron chi connectivity index (χ4n) is 9.25. The molecule has 164 valence electrons. The lowest BCUT2D eigenvalue weighted by atomic mass is 9.46. The molecule has 0 aromatic heterocycles. The molecule has 1 heterocycles. The first-order chi connectivity index (χ1) is 14.0. The molecule has 9 atom stereocenters. The van der Waals surface area contributed by atoms with E-state index in [9.17, 15) is 5.11 Å². The number of ether oxygens (including phenoxy) is 1. The summed E-state index contributed by atoms with van der Waals surface area (Å²) in [5, 5.41) is 9.84. The Hall–Kier alpha value is -0.340. The first-order valence-electron chi connectivity index (χ1n) is 12.9. The topological polar surface area (TPSA) is 29.5 Å². The summed E-state index contributed by atoms with van der Waals surface area (Å²) in [6.07, 6.45) is 18.2. The molecule has 0 aromatic carbocycles. The van der Waals surface area contributed by atoms with E-state index in [1.54, 1.807) is 0 Å². The Labute approximate surface area is 178 Å². The zero-order chi connectivity index (χ0) is 20.2. The average Bonchev–Trinajstić information content (AvgIpc) is 3.10. The van der Waals surface area contributed by atoms with E-state index in [0.717, 1.165) is 36.2 Å². The van der Waals surface area contributed by atoms with Crippen molar-refractivity contribution in [2.45, 2.75) is 97.5 Å². The van der Waals surface area contributed by atoms with Crippen LogP contribution in [0.15, 0.2) is 11.6 Å². The van der Waals surface area contributed by atoms with Crippen LogP contribution in [0.1, 0.15) is 91.4 Å². The standard InChI is InChI=1S/C27H44O2/c1-18(17-28)22-9-10-23-21-8-7-20-16-19(25-6-4-5-15-29-25)11-13-26(20,2)24(21)12-14-27(22,23)3/h7,18-19,21-25,28H,4-6,8-17H2,1-3H3/t18-,19+,21+,22-,23+,24+,25?,26+,27-/m1/s1. The number of allylic oxidation sites excluding steroid dienone is 2. The van der Waals surface area contributed by atoms with Crippen molar-refractivity contribution in [1.82, 2.24) is 0 Å². The van der Waals surface area contributed by atoms with Crippen LogP contribution in [-0.4, -0.2) is 24.4 Å². The highest BCUT2D eigenvalue weighted by atomic mass is 16.5. The third-order valence-corrected chi connectivity index (χ3v) is 10.9. The molecule has 2 heteroatoms. The van der Waals surface area contributed by atoms with Gasteiger partial charge in [0.15, 0.2) is 0 Å². The molecule has 0 aromatic rings. The van der Waals surface area contributed by atoms with E-state index in [-0.39, 0.29) is 0 Å².